The highest BCUT2D eigenvalue weighted by Gasteiger charge is 2.21. The van der Waals surface area contributed by atoms with Crippen molar-refractivity contribution in [2.24, 2.45) is 5.73 Å². The van der Waals surface area contributed by atoms with E-state index in [9.17, 15) is 4.79 Å². The summed E-state index contributed by atoms with van der Waals surface area (Å²) >= 11 is 0. The van der Waals surface area contributed by atoms with Gasteiger partial charge in [0.15, 0.2) is 11.5 Å². The Morgan fingerprint density at radius 1 is 1.21 bits per heavy atom. The number of hydrogen-bond donors (Lipinski definition) is 2. The van der Waals surface area contributed by atoms with Gasteiger partial charge < -0.3 is 15.8 Å². The first-order valence-corrected chi connectivity index (χ1v) is 10.8. The predicted molar refractivity (Wildman–Crippen MR) is 133 cm³/mol. The van der Waals surface area contributed by atoms with E-state index >= 15 is 0 Å². The molecule has 172 valence electrons. The van der Waals surface area contributed by atoms with Crippen LogP contribution in [0.5, 0.6) is 5.75 Å². The molecule has 0 radical (unpaired) electrons. The summed E-state index contributed by atoms with van der Waals surface area (Å²) in [6.45, 7) is 5.63. The van der Waals surface area contributed by atoms with Crippen LogP contribution in [0.4, 0.5) is 5.95 Å². The van der Waals surface area contributed by atoms with Crippen molar-refractivity contribution in [2.75, 3.05) is 12.4 Å². The standard InChI is InChI=1S/C26H26N6O2/c1-4-5-14-21-17(2)28-26(29-22(23(27)33)15-18-10-7-6-8-11-18)32-25(21)30-24(31-32)19-12-9-13-20(16-19)34-3/h4-14,16,22H,1,15H2,2-3H3,(H2,27,33)(H,28,29)/b14-5-/t22-/m1/s1. The summed E-state index contributed by atoms with van der Waals surface area (Å²) < 4.78 is 6.95. The van der Waals surface area contributed by atoms with Crippen molar-refractivity contribution in [1.82, 2.24) is 19.6 Å². The van der Waals surface area contributed by atoms with Gasteiger partial charge in [-0.3, -0.25) is 4.79 Å². The van der Waals surface area contributed by atoms with Crippen LogP contribution >= 0.6 is 0 Å². The number of anilines is 1. The second-order valence-electron chi connectivity index (χ2n) is 7.72. The zero-order valence-corrected chi connectivity index (χ0v) is 19.1. The third kappa shape index (κ3) is 4.80. The molecule has 34 heavy (non-hydrogen) atoms. The number of rotatable bonds is 9. The molecule has 3 N–H and O–H groups in total. The summed E-state index contributed by atoms with van der Waals surface area (Å²) in [6.07, 6.45) is 5.80. The van der Waals surface area contributed by atoms with E-state index in [0.29, 0.717) is 29.6 Å². The van der Waals surface area contributed by atoms with Crippen LogP contribution in [0.25, 0.3) is 23.1 Å². The van der Waals surface area contributed by atoms with Gasteiger partial charge in [-0.25, -0.2) is 9.97 Å². The van der Waals surface area contributed by atoms with E-state index in [1.165, 1.54) is 0 Å². The number of nitrogens with zero attached hydrogens (tertiary/aromatic N) is 4. The minimum Gasteiger partial charge on any atom is -0.497 e. The van der Waals surface area contributed by atoms with Crippen molar-refractivity contribution < 1.29 is 9.53 Å². The normalized spacial score (nSPS) is 12.1. The number of ether oxygens (including phenoxy) is 1. The number of amides is 1. The second-order valence-corrected chi connectivity index (χ2v) is 7.72. The number of carbonyl (C=O) groups is 1. The van der Waals surface area contributed by atoms with Crippen molar-refractivity contribution in [2.45, 2.75) is 19.4 Å². The Labute approximate surface area is 197 Å². The van der Waals surface area contributed by atoms with Crippen molar-refractivity contribution in [1.29, 1.82) is 0 Å². The fourth-order valence-electron chi connectivity index (χ4n) is 3.63. The average Bonchev–Trinajstić information content (AvgIpc) is 3.29. The zero-order valence-electron chi connectivity index (χ0n) is 19.1. The molecule has 2 heterocycles. The van der Waals surface area contributed by atoms with Gasteiger partial charge >= 0.3 is 0 Å². The van der Waals surface area contributed by atoms with Gasteiger partial charge in [-0.05, 0) is 30.7 Å². The number of nitrogens with two attached hydrogens (primary N) is 1. The molecule has 1 amide bonds. The van der Waals surface area contributed by atoms with Gasteiger partial charge in [0.2, 0.25) is 11.9 Å². The Bertz CT molecular complexity index is 1360. The minimum atomic E-state index is -0.684. The van der Waals surface area contributed by atoms with Crippen LogP contribution in [0.3, 0.4) is 0 Å². The molecule has 0 spiro atoms. The number of aromatic nitrogens is 4. The van der Waals surface area contributed by atoms with E-state index in [0.717, 1.165) is 22.4 Å². The lowest BCUT2D eigenvalue weighted by Crippen LogP contribution is -2.38. The molecular weight excluding hydrogens is 428 g/mol. The lowest BCUT2D eigenvalue weighted by molar-refractivity contribution is -0.118. The van der Waals surface area contributed by atoms with Crippen LogP contribution in [-0.4, -0.2) is 38.6 Å². The number of aryl methyl sites for hydroxylation is 1. The Hall–Kier alpha value is -4.46. The van der Waals surface area contributed by atoms with E-state index in [4.69, 9.17) is 25.5 Å². The quantitative estimate of drug-likeness (QED) is 0.372. The number of carbonyl (C=O) groups excluding carboxylic acids is 1. The molecule has 0 fully saturated rings. The molecule has 2 aromatic carbocycles. The lowest BCUT2D eigenvalue weighted by Gasteiger charge is -2.17. The van der Waals surface area contributed by atoms with Gasteiger partial charge in [-0.2, -0.15) is 4.52 Å². The van der Waals surface area contributed by atoms with Gasteiger partial charge in [0.1, 0.15) is 11.8 Å². The fourth-order valence-corrected chi connectivity index (χ4v) is 3.63. The van der Waals surface area contributed by atoms with Crippen LogP contribution in [0.1, 0.15) is 16.8 Å². The summed E-state index contributed by atoms with van der Waals surface area (Å²) in [5, 5.41) is 7.89. The Morgan fingerprint density at radius 2 is 2.00 bits per heavy atom. The molecule has 0 aliphatic heterocycles. The van der Waals surface area contributed by atoms with Crippen LogP contribution in [-0.2, 0) is 11.2 Å². The monoisotopic (exact) mass is 454 g/mol. The minimum absolute atomic E-state index is 0.379. The van der Waals surface area contributed by atoms with E-state index in [1.54, 1.807) is 17.7 Å². The Morgan fingerprint density at radius 3 is 2.71 bits per heavy atom. The van der Waals surface area contributed by atoms with E-state index in [-0.39, 0.29) is 0 Å². The maximum Gasteiger partial charge on any atom is 0.240 e. The summed E-state index contributed by atoms with van der Waals surface area (Å²) in [5.74, 6) is 1.10. The molecule has 8 nitrogen and oxygen atoms in total. The van der Waals surface area contributed by atoms with Crippen LogP contribution < -0.4 is 15.8 Å². The molecule has 0 bridgehead atoms. The Kier molecular flexibility index (Phi) is 6.68. The molecular formula is C26H26N6O2. The van der Waals surface area contributed by atoms with Gasteiger partial charge in [-0.15, -0.1) is 5.10 Å². The molecule has 0 aliphatic carbocycles. The van der Waals surface area contributed by atoms with E-state index < -0.39 is 11.9 Å². The first kappa shape index (κ1) is 22.7. The number of primary amides is 1. The SMILES string of the molecule is C=C/C=C\c1c(C)nc(N[C@H](Cc2ccccc2)C(N)=O)n2nc(-c3cccc(OC)c3)nc12. The van der Waals surface area contributed by atoms with E-state index in [1.807, 2.05) is 73.7 Å². The molecule has 0 unspecified atom stereocenters. The maximum absolute atomic E-state index is 12.3. The number of methoxy groups -OCH3 is 1. The highest BCUT2D eigenvalue weighted by molar-refractivity contribution is 5.83. The fraction of sp³-hybridized carbons (Fsp3) is 0.154. The summed E-state index contributed by atoms with van der Waals surface area (Å²) in [6, 6.07) is 16.5. The summed E-state index contributed by atoms with van der Waals surface area (Å²) in [7, 11) is 1.61. The van der Waals surface area contributed by atoms with Gasteiger partial charge in [0.05, 0.1) is 12.8 Å². The lowest BCUT2D eigenvalue weighted by atomic mass is 10.1. The van der Waals surface area contributed by atoms with Crippen LogP contribution in [0.15, 0.2) is 73.3 Å². The van der Waals surface area contributed by atoms with Crippen LogP contribution in [0, 0.1) is 6.92 Å². The van der Waals surface area contributed by atoms with Crippen molar-refractivity contribution in [3.63, 3.8) is 0 Å². The molecule has 2 aromatic heterocycles. The molecule has 0 saturated heterocycles. The molecule has 4 aromatic rings. The molecule has 1 atom stereocenters. The van der Waals surface area contributed by atoms with Crippen molar-refractivity contribution >= 4 is 23.6 Å². The van der Waals surface area contributed by atoms with Crippen molar-refractivity contribution in [3.8, 4) is 17.1 Å². The van der Waals surface area contributed by atoms with E-state index in [2.05, 4.69) is 11.9 Å². The third-order valence-electron chi connectivity index (χ3n) is 5.37. The average molecular weight is 455 g/mol. The molecule has 0 saturated carbocycles. The number of fused-ring (bicyclic) bond motifs is 1. The molecule has 4 rings (SSSR count). The first-order chi connectivity index (χ1) is 16.5. The third-order valence-corrected chi connectivity index (χ3v) is 5.37. The smallest absolute Gasteiger partial charge is 0.240 e. The number of hydrogen-bond acceptors (Lipinski definition) is 6. The van der Waals surface area contributed by atoms with Gasteiger partial charge in [0.25, 0.3) is 0 Å². The largest absolute Gasteiger partial charge is 0.497 e. The first-order valence-electron chi connectivity index (χ1n) is 10.8. The van der Waals surface area contributed by atoms with Crippen molar-refractivity contribution in [3.05, 3.63) is 90.1 Å². The van der Waals surface area contributed by atoms with Gasteiger partial charge in [-0.1, -0.05) is 61.2 Å². The number of nitrogens with one attached hydrogen (secondary N) is 1. The summed E-state index contributed by atoms with van der Waals surface area (Å²) in [4.78, 5) is 21.8. The maximum atomic E-state index is 12.3. The molecule has 8 heteroatoms. The number of allylic oxidation sites excluding steroid dienone is 2. The Balaban J connectivity index is 1.82. The van der Waals surface area contributed by atoms with Crippen LogP contribution in [0.2, 0.25) is 0 Å². The second kappa shape index (κ2) is 9.99. The topological polar surface area (TPSA) is 107 Å². The zero-order chi connectivity index (χ0) is 24.1. The molecule has 0 aliphatic rings. The summed E-state index contributed by atoms with van der Waals surface area (Å²) in [5.41, 5.74) is 9.61. The highest BCUT2D eigenvalue weighted by atomic mass is 16.5. The highest BCUT2D eigenvalue weighted by Crippen LogP contribution is 2.26. The van der Waals surface area contributed by atoms with Gasteiger partial charge in [0, 0.05) is 17.5 Å². The number of benzene rings is 2. The predicted octanol–water partition coefficient (Wildman–Crippen LogP) is 3.82.